The summed E-state index contributed by atoms with van der Waals surface area (Å²) >= 11 is 0. The monoisotopic (exact) mass is 418 g/mol. The van der Waals surface area contributed by atoms with Gasteiger partial charge in [0.25, 0.3) is 0 Å². The van der Waals surface area contributed by atoms with Crippen molar-refractivity contribution >= 4 is 22.4 Å². The number of hydrogen-bond donors (Lipinski definition) is 2. The van der Waals surface area contributed by atoms with Gasteiger partial charge in [0.1, 0.15) is 0 Å². The fraction of sp³-hybridized carbons (Fsp3) is 0.696. The first-order chi connectivity index (χ1) is 14.1. The number of guanidine groups is 1. The van der Waals surface area contributed by atoms with Crippen LogP contribution < -0.4 is 15.5 Å². The van der Waals surface area contributed by atoms with Crippen LogP contribution in [-0.4, -0.2) is 47.4 Å². The molecule has 0 radical (unpaired) electrons. The second-order valence-electron chi connectivity index (χ2n) is 8.56. The zero-order valence-corrected chi connectivity index (χ0v) is 19.1. The number of rotatable bonds is 6. The van der Waals surface area contributed by atoms with Crippen molar-refractivity contribution in [2.45, 2.75) is 70.2 Å². The van der Waals surface area contributed by atoms with E-state index < -0.39 is 10.8 Å². The number of piperidine rings is 1. The molecular formula is C23H38N4OS. The Bertz CT molecular complexity index is 683. The molecule has 1 saturated heterocycles. The van der Waals surface area contributed by atoms with Gasteiger partial charge in [-0.1, -0.05) is 32.4 Å². The van der Waals surface area contributed by atoms with Crippen LogP contribution in [0, 0.1) is 5.92 Å². The number of nitrogens with zero attached hydrogens (tertiary/aromatic N) is 2. The molecule has 1 aromatic rings. The van der Waals surface area contributed by atoms with Crippen LogP contribution in [0.15, 0.2) is 29.3 Å². The van der Waals surface area contributed by atoms with Gasteiger partial charge in [0.05, 0.1) is 0 Å². The summed E-state index contributed by atoms with van der Waals surface area (Å²) in [6, 6.07) is 9.28. The first kappa shape index (κ1) is 22.1. The highest BCUT2D eigenvalue weighted by Gasteiger charge is 2.26. The van der Waals surface area contributed by atoms with E-state index >= 15 is 0 Å². The zero-order chi connectivity index (χ0) is 20.6. The van der Waals surface area contributed by atoms with Crippen molar-refractivity contribution in [3.63, 3.8) is 0 Å². The van der Waals surface area contributed by atoms with Crippen molar-refractivity contribution in [3.8, 4) is 0 Å². The maximum atomic E-state index is 12.2. The Kier molecular flexibility index (Phi) is 8.40. The molecule has 3 unspecified atom stereocenters. The molecule has 162 valence electrons. The third-order valence-electron chi connectivity index (χ3n) is 6.39. The molecule has 29 heavy (non-hydrogen) atoms. The van der Waals surface area contributed by atoms with Crippen molar-refractivity contribution < 1.29 is 4.21 Å². The summed E-state index contributed by atoms with van der Waals surface area (Å²) in [5, 5.41) is 7.32. The van der Waals surface area contributed by atoms with Crippen molar-refractivity contribution in [3.05, 3.63) is 29.8 Å². The van der Waals surface area contributed by atoms with Crippen LogP contribution in [0.4, 0.5) is 5.69 Å². The molecular weight excluding hydrogens is 380 g/mol. The normalized spacial score (nSPS) is 24.9. The van der Waals surface area contributed by atoms with E-state index in [0.29, 0.717) is 11.3 Å². The van der Waals surface area contributed by atoms with E-state index in [1.807, 2.05) is 14.0 Å². The number of nitrogens with one attached hydrogen (secondary N) is 2. The second kappa shape index (κ2) is 11.0. The van der Waals surface area contributed by atoms with Crippen LogP contribution >= 0.6 is 0 Å². The highest BCUT2D eigenvalue weighted by Crippen LogP contribution is 2.24. The summed E-state index contributed by atoms with van der Waals surface area (Å²) in [7, 11) is 1.12. The molecule has 1 aliphatic heterocycles. The lowest BCUT2D eigenvalue weighted by atomic mass is 9.95. The van der Waals surface area contributed by atoms with E-state index in [1.54, 1.807) is 0 Å². The molecule has 6 heteroatoms. The Morgan fingerprint density at radius 3 is 2.55 bits per heavy atom. The number of aliphatic imine (C=N–C) groups is 1. The van der Waals surface area contributed by atoms with E-state index in [1.165, 1.54) is 37.2 Å². The minimum absolute atomic E-state index is 0.328. The van der Waals surface area contributed by atoms with Gasteiger partial charge < -0.3 is 15.5 Å². The Morgan fingerprint density at radius 2 is 1.90 bits per heavy atom. The van der Waals surface area contributed by atoms with Crippen LogP contribution in [0.5, 0.6) is 0 Å². The summed E-state index contributed by atoms with van der Waals surface area (Å²) in [6.45, 7) is 7.46. The van der Waals surface area contributed by atoms with E-state index in [-0.39, 0.29) is 0 Å². The van der Waals surface area contributed by atoms with Crippen molar-refractivity contribution in [1.29, 1.82) is 0 Å². The molecule has 1 aromatic carbocycles. The largest absolute Gasteiger partial charge is 0.372 e. The molecule has 0 aromatic heterocycles. The van der Waals surface area contributed by atoms with Gasteiger partial charge in [0.15, 0.2) is 5.96 Å². The molecule has 2 aliphatic rings. The Labute approximate surface area is 179 Å². The Hall–Kier alpha value is -1.56. The summed E-state index contributed by atoms with van der Waals surface area (Å²) in [6.07, 6.45) is 6.92. The lowest BCUT2D eigenvalue weighted by Gasteiger charge is -2.32. The third kappa shape index (κ3) is 6.46. The van der Waals surface area contributed by atoms with Crippen molar-refractivity contribution in [2.24, 2.45) is 10.9 Å². The molecule has 0 spiro atoms. The van der Waals surface area contributed by atoms with Gasteiger partial charge >= 0.3 is 0 Å². The zero-order valence-electron chi connectivity index (χ0n) is 18.3. The number of anilines is 1. The molecule has 5 nitrogen and oxygen atoms in total. The molecule has 1 heterocycles. The highest BCUT2D eigenvalue weighted by molar-refractivity contribution is 7.85. The van der Waals surface area contributed by atoms with E-state index in [9.17, 15) is 4.21 Å². The molecule has 0 amide bonds. The molecule has 0 bridgehead atoms. The van der Waals surface area contributed by atoms with Gasteiger partial charge in [0, 0.05) is 60.2 Å². The van der Waals surface area contributed by atoms with Crippen LogP contribution in [0.3, 0.4) is 0 Å². The molecule has 1 saturated carbocycles. The van der Waals surface area contributed by atoms with E-state index in [0.717, 1.165) is 49.9 Å². The summed E-state index contributed by atoms with van der Waals surface area (Å²) in [5.41, 5.74) is 2.59. The fourth-order valence-electron chi connectivity index (χ4n) is 4.42. The van der Waals surface area contributed by atoms with Gasteiger partial charge in [-0.3, -0.25) is 9.20 Å². The van der Waals surface area contributed by atoms with Crippen LogP contribution in [0.2, 0.25) is 0 Å². The van der Waals surface area contributed by atoms with Crippen molar-refractivity contribution in [1.82, 2.24) is 10.6 Å². The summed E-state index contributed by atoms with van der Waals surface area (Å²) in [4.78, 5) is 6.89. The SMILES string of the molecule is CCS(=O)C1CCCC(NC(=NC)NCc2ccc(N3CCC(C)CC3)cc2)C1. The molecule has 1 aliphatic carbocycles. The molecule has 3 atom stereocenters. The van der Waals surface area contributed by atoms with Gasteiger partial charge in [0.2, 0.25) is 0 Å². The number of benzene rings is 1. The third-order valence-corrected chi connectivity index (χ3v) is 8.13. The standard InChI is InChI=1S/C23H38N4OS/c1-4-29(28)22-7-5-6-20(16-22)26-23(24-3)25-17-19-8-10-21(11-9-19)27-14-12-18(2)13-15-27/h8-11,18,20,22H,4-7,12-17H2,1-3H3,(H2,24,25,26). The summed E-state index contributed by atoms with van der Waals surface area (Å²) < 4.78 is 12.2. The predicted octanol–water partition coefficient (Wildman–Crippen LogP) is 3.67. The predicted molar refractivity (Wildman–Crippen MR) is 125 cm³/mol. The molecule has 2 N–H and O–H groups in total. The van der Waals surface area contributed by atoms with Gasteiger partial charge in [-0.25, -0.2) is 0 Å². The lowest BCUT2D eigenvalue weighted by Crippen LogP contribution is -2.46. The molecule has 2 fully saturated rings. The lowest BCUT2D eigenvalue weighted by molar-refractivity contribution is 0.413. The van der Waals surface area contributed by atoms with Crippen molar-refractivity contribution in [2.75, 3.05) is 30.8 Å². The maximum absolute atomic E-state index is 12.2. The topological polar surface area (TPSA) is 56.7 Å². The van der Waals surface area contributed by atoms with E-state index in [4.69, 9.17) is 0 Å². The summed E-state index contributed by atoms with van der Waals surface area (Å²) in [5.74, 6) is 2.46. The van der Waals surface area contributed by atoms with Gasteiger partial charge in [-0.15, -0.1) is 0 Å². The highest BCUT2D eigenvalue weighted by atomic mass is 32.2. The fourth-order valence-corrected chi connectivity index (χ4v) is 5.76. The average Bonchev–Trinajstić information content (AvgIpc) is 2.77. The van der Waals surface area contributed by atoms with Gasteiger partial charge in [-0.05, 0) is 55.7 Å². The number of hydrogen-bond acceptors (Lipinski definition) is 3. The van der Waals surface area contributed by atoms with Crippen LogP contribution in [0.25, 0.3) is 0 Å². The maximum Gasteiger partial charge on any atom is 0.191 e. The Morgan fingerprint density at radius 1 is 1.17 bits per heavy atom. The van der Waals surface area contributed by atoms with E-state index in [2.05, 4.69) is 51.7 Å². The molecule has 3 rings (SSSR count). The first-order valence-corrected chi connectivity index (χ1v) is 12.7. The first-order valence-electron chi connectivity index (χ1n) is 11.3. The van der Waals surface area contributed by atoms with Crippen LogP contribution in [-0.2, 0) is 17.3 Å². The van der Waals surface area contributed by atoms with Crippen LogP contribution in [0.1, 0.15) is 57.9 Å². The average molecular weight is 419 g/mol. The Balaban J connectivity index is 1.47. The van der Waals surface area contributed by atoms with Gasteiger partial charge in [-0.2, -0.15) is 0 Å². The minimum atomic E-state index is -0.695. The second-order valence-corrected chi connectivity index (χ2v) is 10.6. The quantitative estimate of drug-likeness (QED) is 0.547. The minimum Gasteiger partial charge on any atom is -0.372 e. The smallest absolute Gasteiger partial charge is 0.191 e.